The highest BCUT2D eigenvalue weighted by Gasteiger charge is 2.14. The summed E-state index contributed by atoms with van der Waals surface area (Å²) in [4.78, 5) is 3.16. The molecule has 0 aromatic carbocycles. The van der Waals surface area contributed by atoms with Crippen LogP contribution in [0.15, 0.2) is 11.1 Å². The lowest BCUT2D eigenvalue weighted by atomic mass is 10.1. The van der Waals surface area contributed by atoms with Gasteiger partial charge in [-0.15, -0.1) is 0 Å². The standard InChI is InChI=1S/C10H12N2OS/c1-7-4-8(2)12-10(9(7)5-11)14-6-13-3/h4H,6H2,1-3H3/p+1. The average molecular weight is 209 g/mol. The Morgan fingerprint density at radius 2 is 2.29 bits per heavy atom. The van der Waals surface area contributed by atoms with Crippen molar-refractivity contribution in [2.75, 3.05) is 13.0 Å². The molecule has 0 amide bonds. The third-order valence-corrected chi connectivity index (χ3v) is 2.75. The highest BCUT2D eigenvalue weighted by Crippen LogP contribution is 2.20. The first kappa shape index (κ1) is 11.0. The molecule has 0 aliphatic heterocycles. The molecule has 0 saturated carbocycles. The lowest BCUT2D eigenvalue weighted by Crippen LogP contribution is -2.14. The average Bonchev–Trinajstić information content (AvgIpc) is 2.14. The maximum atomic E-state index is 8.97. The second kappa shape index (κ2) is 4.99. The van der Waals surface area contributed by atoms with Gasteiger partial charge >= 0.3 is 0 Å². The molecule has 0 saturated heterocycles. The molecule has 0 aliphatic carbocycles. The number of nitrogens with zero attached hydrogens (tertiary/aromatic N) is 1. The predicted octanol–water partition coefficient (Wildman–Crippen LogP) is 1.69. The first-order valence-electron chi connectivity index (χ1n) is 4.24. The third kappa shape index (κ3) is 2.47. The van der Waals surface area contributed by atoms with E-state index in [0.29, 0.717) is 11.5 Å². The van der Waals surface area contributed by atoms with E-state index in [1.165, 1.54) is 11.8 Å². The van der Waals surface area contributed by atoms with Crippen molar-refractivity contribution >= 4 is 11.8 Å². The monoisotopic (exact) mass is 209 g/mol. The van der Waals surface area contributed by atoms with E-state index in [9.17, 15) is 0 Å². The van der Waals surface area contributed by atoms with Crippen LogP contribution < -0.4 is 4.98 Å². The summed E-state index contributed by atoms with van der Waals surface area (Å²) in [5, 5.41) is 9.85. The molecule has 1 heterocycles. The molecule has 3 nitrogen and oxygen atoms in total. The van der Waals surface area contributed by atoms with Gasteiger partial charge in [-0.2, -0.15) is 5.26 Å². The van der Waals surface area contributed by atoms with Crippen LogP contribution in [-0.4, -0.2) is 13.0 Å². The van der Waals surface area contributed by atoms with Gasteiger partial charge < -0.3 is 4.74 Å². The molecule has 4 heteroatoms. The maximum absolute atomic E-state index is 8.97. The molecule has 0 bridgehead atoms. The number of pyridine rings is 1. The lowest BCUT2D eigenvalue weighted by Gasteiger charge is -2.00. The van der Waals surface area contributed by atoms with Crippen LogP contribution in [-0.2, 0) is 4.74 Å². The molecule has 74 valence electrons. The molecule has 0 atom stereocenters. The Morgan fingerprint density at radius 1 is 1.57 bits per heavy atom. The molecule has 1 aromatic rings. The number of hydrogen-bond donors (Lipinski definition) is 0. The molecule has 1 aromatic heterocycles. The van der Waals surface area contributed by atoms with Crippen molar-refractivity contribution in [3.8, 4) is 6.07 Å². The van der Waals surface area contributed by atoms with Gasteiger partial charge in [0.25, 0.3) is 5.03 Å². The van der Waals surface area contributed by atoms with Crippen LogP contribution in [0, 0.1) is 25.2 Å². The summed E-state index contributed by atoms with van der Waals surface area (Å²) < 4.78 is 4.96. The summed E-state index contributed by atoms with van der Waals surface area (Å²) in [5.41, 5.74) is 2.76. The quantitative estimate of drug-likeness (QED) is 0.562. The van der Waals surface area contributed by atoms with Crippen molar-refractivity contribution in [3.05, 3.63) is 22.9 Å². The number of methoxy groups -OCH3 is 1. The molecule has 0 radical (unpaired) electrons. The van der Waals surface area contributed by atoms with Gasteiger partial charge in [0.05, 0.1) is 0 Å². The van der Waals surface area contributed by atoms with E-state index in [2.05, 4.69) is 11.1 Å². The lowest BCUT2D eigenvalue weighted by molar-refractivity contribution is -0.435. The molecule has 0 fully saturated rings. The Kier molecular flexibility index (Phi) is 3.93. The van der Waals surface area contributed by atoms with E-state index in [-0.39, 0.29) is 0 Å². The van der Waals surface area contributed by atoms with E-state index in [1.807, 2.05) is 19.9 Å². The number of aromatic amines is 1. The largest absolute Gasteiger partial charge is 0.374 e. The number of rotatable bonds is 3. The van der Waals surface area contributed by atoms with Crippen molar-refractivity contribution in [2.45, 2.75) is 18.9 Å². The molecule has 0 spiro atoms. The van der Waals surface area contributed by atoms with Gasteiger partial charge in [-0.1, -0.05) is 0 Å². The number of aromatic nitrogens is 1. The van der Waals surface area contributed by atoms with E-state index >= 15 is 0 Å². The summed E-state index contributed by atoms with van der Waals surface area (Å²) in [7, 11) is 1.64. The number of thioether (sulfide) groups is 1. The Bertz CT molecular complexity index is 371. The van der Waals surface area contributed by atoms with Gasteiger partial charge in [-0.3, -0.25) is 0 Å². The van der Waals surface area contributed by atoms with Gasteiger partial charge in [0.2, 0.25) is 0 Å². The van der Waals surface area contributed by atoms with Crippen LogP contribution >= 0.6 is 11.8 Å². The summed E-state index contributed by atoms with van der Waals surface area (Å²) >= 11 is 1.50. The van der Waals surface area contributed by atoms with Gasteiger partial charge in [0.15, 0.2) is 5.69 Å². The van der Waals surface area contributed by atoms with Crippen molar-refractivity contribution in [2.24, 2.45) is 0 Å². The van der Waals surface area contributed by atoms with E-state index in [4.69, 9.17) is 10.00 Å². The maximum Gasteiger partial charge on any atom is 0.259 e. The summed E-state index contributed by atoms with van der Waals surface area (Å²) in [6.07, 6.45) is 0. The van der Waals surface area contributed by atoms with E-state index in [1.54, 1.807) is 7.11 Å². The van der Waals surface area contributed by atoms with Gasteiger partial charge in [-0.25, -0.2) is 4.98 Å². The summed E-state index contributed by atoms with van der Waals surface area (Å²) in [6, 6.07) is 4.16. The van der Waals surface area contributed by atoms with Crippen LogP contribution in [0.2, 0.25) is 0 Å². The topological polar surface area (TPSA) is 47.2 Å². The molecule has 14 heavy (non-hydrogen) atoms. The number of H-pyrrole nitrogens is 1. The Labute approximate surface area is 88.1 Å². The Morgan fingerprint density at radius 3 is 2.86 bits per heavy atom. The van der Waals surface area contributed by atoms with Gasteiger partial charge in [0.1, 0.15) is 17.6 Å². The number of nitriles is 1. The second-order valence-corrected chi connectivity index (χ2v) is 3.93. The van der Waals surface area contributed by atoms with E-state index < -0.39 is 0 Å². The van der Waals surface area contributed by atoms with Crippen molar-refractivity contribution in [1.82, 2.24) is 0 Å². The number of ether oxygens (including phenoxy) is 1. The molecule has 1 N–H and O–H groups in total. The van der Waals surface area contributed by atoms with Crippen LogP contribution in [0.25, 0.3) is 0 Å². The number of hydrogen-bond acceptors (Lipinski definition) is 3. The minimum absolute atomic E-state index is 0.550. The van der Waals surface area contributed by atoms with Crippen molar-refractivity contribution < 1.29 is 9.72 Å². The second-order valence-electron chi connectivity index (χ2n) is 3.00. The molecule has 0 unspecified atom stereocenters. The van der Waals surface area contributed by atoms with Crippen molar-refractivity contribution in [3.63, 3.8) is 0 Å². The van der Waals surface area contributed by atoms with Crippen LogP contribution in [0.1, 0.15) is 16.8 Å². The highest BCUT2D eigenvalue weighted by atomic mass is 32.2. The Balaban J connectivity index is 3.07. The fourth-order valence-corrected chi connectivity index (χ4v) is 2.04. The number of aryl methyl sites for hydroxylation is 2. The predicted molar refractivity (Wildman–Crippen MR) is 54.9 cm³/mol. The minimum Gasteiger partial charge on any atom is -0.374 e. The fourth-order valence-electron chi connectivity index (χ4n) is 1.22. The molecular weight excluding hydrogens is 196 g/mol. The molecule has 1 rings (SSSR count). The van der Waals surface area contributed by atoms with Gasteiger partial charge in [-0.05, 0) is 24.2 Å². The third-order valence-electron chi connectivity index (χ3n) is 1.80. The Hall–Kier alpha value is -1.05. The molecular formula is C10H13N2OS+. The summed E-state index contributed by atoms with van der Waals surface area (Å²) in [6.45, 7) is 3.92. The molecule has 0 aliphatic rings. The zero-order chi connectivity index (χ0) is 10.6. The first-order valence-corrected chi connectivity index (χ1v) is 5.23. The summed E-state index contributed by atoms with van der Waals surface area (Å²) in [5.74, 6) is 0.550. The zero-order valence-electron chi connectivity index (χ0n) is 8.55. The van der Waals surface area contributed by atoms with Gasteiger partial charge in [0, 0.05) is 20.1 Å². The first-order chi connectivity index (χ1) is 6.69. The van der Waals surface area contributed by atoms with Crippen molar-refractivity contribution in [1.29, 1.82) is 5.26 Å². The van der Waals surface area contributed by atoms with Crippen LogP contribution in [0.5, 0.6) is 0 Å². The number of nitrogens with one attached hydrogen (secondary N) is 1. The van der Waals surface area contributed by atoms with Crippen LogP contribution in [0.3, 0.4) is 0 Å². The van der Waals surface area contributed by atoms with Crippen LogP contribution in [0.4, 0.5) is 0 Å². The SMILES string of the molecule is COCSc1[nH+]c(C)cc(C)c1C#N. The smallest absolute Gasteiger partial charge is 0.259 e. The normalized spacial score (nSPS) is 9.86. The fraction of sp³-hybridized carbons (Fsp3) is 0.400. The minimum atomic E-state index is 0.550. The zero-order valence-corrected chi connectivity index (χ0v) is 9.36. The van der Waals surface area contributed by atoms with E-state index in [0.717, 1.165) is 16.3 Å². The highest BCUT2D eigenvalue weighted by molar-refractivity contribution is 7.99.